The molecule has 2 aliphatic rings. The van der Waals surface area contributed by atoms with Gasteiger partial charge < -0.3 is 34.3 Å². The van der Waals surface area contributed by atoms with E-state index >= 15 is 0 Å². The Labute approximate surface area is 133 Å². The van der Waals surface area contributed by atoms with E-state index in [-0.39, 0.29) is 64.4 Å². The molecule has 1 aromatic carbocycles. The van der Waals surface area contributed by atoms with Crippen molar-refractivity contribution in [3.63, 3.8) is 0 Å². The normalized spacial score (nSPS) is 29.2. The molecule has 2 heterocycles. The number of ether oxygens (including phenoxy) is 2. The predicted molar refractivity (Wildman–Crippen MR) is 54.9 cm³/mol. The Morgan fingerprint density at radius 2 is 1.39 bits per heavy atom. The van der Waals surface area contributed by atoms with Gasteiger partial charge in [0, 0.05) is 18.7 Å². The van der Waals surface area contributed by atoms with E-state index in [2.05, 4.69) is 10.9 Å². The van der Waals surface area contributed by atoms with Crippen LogP contribution in [0, 0.1) is 0 Å². The fraction of sp³-hybridized carbons (Fsp3) is 0.455. The summed E-state index contributed by atoms with van der Waals surface area (Å²) in [6.07, 6.45) is 0.121. The fourth-order valence-corrected chi connectivity index (χ4v) is 2.00. The Morgan fingerprint density at radius 3 is 1.89 bits per heavy atom. The van der Waals surface area contributed by atoms with Crippen molar-refractivity contribution in [1.29, 1.82) is 0 Å². The number of halogens is 2. The molecule has 2 fully saturated rings. The monoisotopic (exact) mass is 471 g/mol. The average Bonchev–Trinajstić information content (AvgIpc) is 2.74. The van der Waals surface area contributed by atoms with Crippen LogP contribution in [0.5, 0.6) is 0 Å². The Kier molecular flexibility index (Phi) is 8.64. The maximum Gasteiger partial charge on any atom is 2.00 e. The van der Waals surface area contributed by atoms with Crippen LogP contribution >= 0.6 is 0 Å². The SMILES string of the molecule is [Cl-].[Cl-].[Pt+2].c1ccc(C2OC3CNNCC3O2)cc1. The predicted octanol–water partition coefficient (Wildman–Crippen LogP) is -5.42. The molecule has 4 nitrogen and oxygen atoms in total. The van der Waals surface area contributed by atoms with E-state index in [1.165, 1.54) is 0 Å². The third-order valence-corrected chi connectivity index (χ3v) is 2.81. The molecule has 1 aromatic rings. The molecular formula is C11H14Cl2N2O2Pt. The molecule has 2 unspecified atom stereocenters. The van der Waals surface area contributed by atoms with E-state index in [4.69, 9.17) is 9.47 Å². The zero-order valence-electron chi connectivity index (χ0n) is 9.42. The first kappa shape index (κ1) is 18.3. The summed E-state index contributed by atoms with van der Waals surface area (Å²) in [7, 11) is 0. The number of benzene rings is 1. The topological polar surface area (TPSA) is 42.5 Å². The van der Waals surface area contributed by atoms with Crippen molar-refractivity contribution in [3.05, 3.63) is 35.9 Å². The molecule has 0 aliphatic carbocycles. The summed E-state index contributed by atoms with van der Waals surface area (Å²) in [5.74, 6) is 0. The van der Waals surface area contributed by atoms with Crippen LogP contribution in [0.2, 0.25) is 0 Å². The maximum atomic E-state index is 5.83. The first-order chi connectivity index (χ1) is 7.43. The Hall–Kier alpha value is 0.328. The minimum absolute atomic E-state index is 0. The molecule has 2 aliphatic heterocycles. The molecule has 7 heteroatoms. The van der Waals surface area contributed by atoms with Gasteiger partial charge in [-0.2, -0.15) is 0 Å². The second-order valence-corrected chi connectivity index (χ2v) is 3.85. The van der Waals surface area contributed by atoms with Crippen molar-refractivity contribution in [2.24, 2.45) is 0 Å². The molecule has 18 heavy (non-hydrogen) atoms. The summed E-state index contributed by atoms with van der Waals surface area (Å²) < 4.78 is 11.7. The first-order valence-electron chi connectivity index (χ1n) is 5.25. The molecule has 104 valence electrons. The minimum Gasteiger partial charge on any atom is -1.00 e. The van der Waals surface area contributed by atoms with Gasteiger partial charge in [0.25, 0.3) is 0 Å². The van der Waals surface area contributed by atoms with Crippen LogP contribution in [-0.4, -0.2) is 25.3 Å². The summed E-state index contributed by atoms with van der Waals surface area (Å²) in [5, 5.41) is 0. The molecular weight excluding hydrogens is 458 g/mol. The van der Waals surface area contributed by atoms with E-state index in [1.807, 2.05) is 30.3 Å². The Morgan fingerprint density at radius 1 is 0.889 bits per heavy atom. The fourth-order valence-electron chi connectivity index (χ4n) is 2.00. The summed E-state index contributed by atoms with van der Waals surface area (Å²) >= 11 is 0. The van der Waals surface area contributed by atoms with Crippen LogP contribution in [-0.2, 0) is 30.5 Å². The van der Waals surface area contributed by atoms with Crippen LogP contribution < -0.4 is 35.7 Å². The molecule has 0 amide bonds. The third-order valence-electron chi connectivity index (χ3n) is 2.81. The quantitative estimate of drug-likeness (QED) is 0.429. The summed E-state index contributed by atoms with van der Waals surface area (Å²) in [4.78, 5) is 0. The number of fused-ring (bicyclic) bond motifs is 1. The van der Waals surface area contributed by atoms with Crippen molar-refractivity contribution in [2.45, 2.75) is 18.5 Å². The molecule has 2 saturated heterocycles. The van der Waals surface area contributed by atoms with E-state index < -0.39 is 0 Å². The third kappa shape index (κ3) is 3.91. The standard InChI is InChI=1S/C11H14N2O2.2ClH.Pt/c1-2-4-8(5-3-1)11-14-9-6-12-13-7-10(9)15-11;;;/h1-5,9-13H,6-7H2;2*1H;/q;;;+2/p-2. The van der Waals surface area contributed by atoms with Crippen molar-refractivity contribution in [2.75, 3.05) is 13.1 Å². The van der Waals surface area contributed by atoms with Gasteiger partial charge in [-0.05, 0) is 0 Å². The van der Waals surface area contributed by atoms with E-state index in [0.717, 1.165) is 18.7 Å². The smallest absolute Gasteiger partial charge is 1.00 e. The number of hydrogen-bond donors (Lipinski definition) is 2. The molecule has 3 rings (SSSR count). The second-order valence-electron chi connectivity index (χ2n) is 3.85. The molecule has 2 N–H and O–H groups in total. The van der Waals surface area contributed by atoms with Gasteiger partial charge >= 0.3 is 21.1 Å². The molecule has 0 saturated carbocycles. The van der Waals surface area contributed by atoms with Gasteiger partial charge in [-0.25, -0.2) is 0 Å². The Balaban J connectivity index is 0.000000963. The van der Waals surface area contributed by atoms with Crippen molar-refractivity contribution >= 4 is 0 Å². The molecule has 0 aromatic heterocycles. The van der Waals surface area contributed by atoms with Crippen molar-refractivity contribution in [3.8, 4) is 0 Å². The second kappa shape index (κ2) is 8.49. The zero-order chi connectivity index (χ0) is 10.1. The molecule has 0 bridgehead atoms. The van der Waals surface area contributed by atoms with Crippen LogP contribution in [0.25, 0.3) is 0 Å². The van der Waals surface area contributed by atoms with E-state index in [9.17, 15) is 0 Å². The van der Waals surface area contributed by atoms with Crippen LogP contribution in [0.15, 0.2) is 30.3 Å². The van der Waals surface area contributed by atoms with Crippen molar-refractivity contribution in [1.82, 2.24) is 10.9 Å². The van der Waals surface area contributed by atoms with Gasteiger partial charge in [0.1, 0.15) is 12.2 Å². The van der Waals surface area contributed by atoms with Crippen LogP contribution in [0.4, 0.5) is 0 Å². The van der Waals surface area contributed by atoms with Gasteiger partial charge in [-0.1, -0.05) is 30.3 Å². The average molecular weight is 472 g/mol. The van der Waals surface area contributed by atoms with Gasteiger partial charge in [-0.3, -0.25) is 10.9 Å². The Bertz CT molecular complexity index is 331. The van der Waals surface area contributed by atoms with Crippen LogP contribution in [0.3, 0.4) is 0 Å². The number of hydrogen-bond acceptors (Lipinski definition) is 4. The van der Waals surface area contributed by atoms with Gasteiger partial charge in [0.15, 0.2) is 6.29 Å². The maximum absolute atomic E-state index is 5.83. The largest absolute Gasteiger partial charge is 2.00 e. The summed E-state index contributed by atoms with van der Waals surface area (Å²) in [5.41, 5.74) is 7.24. The van der Waals surface area contributed by atoms with E-state index in [1.54, 1.807) is 0 Å². The summed E-state index contributed by atoms with van der Waals surface area (Å²) in [6.45, 7) is 1.60. The molecule has 0 radical (unpaired) electrons. The number of rotatable bonds is 1. The molecule has 0 spiro atoms. The molecule has 2 atom stereocenters. The number of nitrogens with one attached hydrogen (secondary N) is 2. The minimum atomic E-state index is -0.206. The van der Waals surface area contributed by atoms with E-state index in [0.29, 0.717) is 0 Å². The first-order valence-corrected chi connectivity index (χ1v) is 5.25. The van der Waals surface area contributed by atoms with Crippen LogP contribution in [0.1, 0.15) is 11.9 Å². The van der Waals surface area contributed by atoms with Crippen molar-refractivity contribution < 1.29 is 55.4 Å². The van der Waals surface area contributed by atoms with Gasteiger partial charge in [-0.15, -0.1) is 0 Å². The summed E-state index contributed by atoms with van der Waals surface area (Å²) in [6, 6.07) is 10.1. The zero-order valence-corrected chi connectivity index (χ0v) is 13.2. The van der Waals surface area contributed by atoms with Gasteiger partial charge in [0.2, 0.25) is 0 Å². The van der Waals surface area contributed by atoms with Gasteiger partial charge in [0.05, 0.1) is 0 Å². The number of hydrazine groups is 1.